The predicted molar refractivity (Wildman–Crippen MR) is 129 cm³/mol. The fraction of sp³-hybridized carbons (Fsp3) is 0.423. The summed E-state index contributed by atoms with van der Waals surface area (Å²) in [7, 11) is 5.57. The summed E-state index contributed by atoms with van der Waals surface area (Å²) in [6.45, 7) is 11.2. The van der Waals surface area contributed by atoms with Crippen molar-refractivity contribution in [2.45, 2.75) is 38.6 Å². The van der Waals surface area contributed by atoms with Crippen molar-refractivity contribution in [1.29, 1.82) is 0 Å². The molecule has 0 rings (SSSR count). The minimum Gasteiger partial charge on any atom is -0.468 e. The van der Waals surface area contributed by atoms with E-state index in [1.807, 2.05) is 49.5 Å². The van der Waals surface area contributed by atoms with Gasteiger partial charge in [-0.3, -0.25) is 4.79 Å². The van der Waals surface area contributed by atoms with E-state index in [4.69, 9.17) is 4.74 Å². The quantitative estimate of drug-likeness (QED) is 0.197. The highest BCUT2D eigenvalue weighted by molar-refractivity contribution is 5.76. The molecule has 0 bridgehead atoms. The van der Waals surface area contributed by atoms with Crippen LogP contribution in [0, 0.1) is 11.8 Å². The maximum Gasteiger partial charge on any atom is 0.323 e. The molecule has 0 aromatic carbocycles. The Labute approximate surface area is 183 Å². The van der Waals surface area contributed by atoms with Gasteiger partial charge in [-0.2, -0.15) is 0 Å². The standard InChI is InChI=1S/C26H38N2O2/c1-7-8-12-19-24(3)22-25(26(29)30-6)27-20-15-11-14-18-23(2)17-13-9-10-16-21-28(4)5/h7-8,11-12,14-15,18-19,25,27H,1-2,9-10,16,20-22H2,3-6H3/b12-8-,15-11+,18-14-,24-19+/t25-/m1/s1. The summed E-state index contributed by atoms with van der Waals surface area (Å²) < 4.78 is 4.89. The lowest BCUT2D eigenvalue weighted by Crippen LogP contribution is -2.37. The fourth-order valence-electron chi connectivity index (χ4n) is 2.46. The van der Waals surface area contributed by atoms with Gasteiger partial charge in [0, 0.05) is 18.5 Å². The van der Waals surface area contributed by atoms with Gasteiger partial charge in [-0.15, -0.1) is 0 Å². The number of carbonyl (C=O) groups is 1. The van der Waals surface area contributed by atoms with Gasteiger partial charge in [-0.05, 0) is 52.9 Å². The summed E-state index contributed by atoms with van der Waals surface area (Å²) in [6, 6.07) is -0.384. The normalized spacial score (nSPS) is 13.0. The van der Waals surface area contributed by atoms with E-state index in [-0.39, 0.29) is 12.0 Å². The zero-order valence-electron chi connectivity index (χ0n) is 19.1. The highest BCUT2D eigenvalue weighted by Gasteiger charge is 2.17. The Kier molecular flexibility index (Phi) is 16.8. The van der Waals surface area contributed by atoms with Crippen LogP contribution in [-0.4, -0.2) is 51.2 Å². The summed E-state index contributed by atoms with van der Waals surface area (Å²) in [4.78, 5) is 14.2. The SMILES string of the molecule is C=C/C=C\C=C(/C)C[C@@H](NC/C=C/C=C\C(=C)C#CCCCCN(C)C)C(=O)OC. The minimum atomic E-state index is -0.384. The number of methoxy groups -OCH3 is 1. The maximum atomic E-state index is 12.0. The number of allylic oxidation sites excluding steroid dienone is 8. The number of rotatable bonds is 14. The van der Waals surface area contributed by atoms with Crippen molar-refractivity contribution in [3.8, 4) is 11.8 Å². The van der Waals surface area contributed by atoms with Gasteiger partial charge in [0.05, 0.1) is 7.11 Å². The molecule has 1 N–H and O–H groups in total. The Bertz CT molecular complexity index is 700. The van der Waals surface area contributed by atoms with Gasteiger partial charge in [-0.1, -0.05) is 73.1 Å². The van der Waals surface area contributed by atoms with Crippen molar-refractivity contribution in [2.24, 2.45) is 0 Å². The number of carbonyl (C=O) groups excluding carboxylic acids is 1. The average Bonchev–Trinajstić information content (AvgIpc) is 2.71. The molecule has 0 aliphatic carbocycles. The number of hydrogen-bond acceptors (Lipinski definition) is 4. The fourth-order valence-corrected chi connectivity index (χ4v) is 2.46. The summed E-state index contributed by atoms with van der Waals surface area (Å²) in [6.07, 6.45) is 18.8. The Morgan fingerprint density at radius 3 is 2.63 bits per heavy atom. The van der Waals surface area contributed by atoms with Crippen LogP contribution in [-0.2, 0) is 9.53 Å². The van der Waals surface area contributed by atoms with Gasteiger partial charge in [0.2, 0.25) is 0 Å². The molecule has 4 nitrogen and oxygen atoms in total. The molecule has 0 heterocycles. The molecule has 0 amide bonds. The summed E-state index contributed by atoms with van der Waals surface area (Å²) in [5, 5.41) is 3.21. The van der Waals surface area contributed by atoms with Crippen LogP contribution in [0.1, 0.15) is 32.6 Å². The van der Waals surface area contributed by atoms with Crippen LogP contribution in [0.15, 0.2) is 72.9 Å². The topological polar surface area (TPSA) is 41.6 Å². The van der Waals surface area contributed by atoms with Crippen LogP contribution in [0.25, 0.3) is 0 Å². The van der Waals surface area contributed by atoms with Gasteiger partial charge < -0.3 is 15.0 Å². The number of unbranched alkanes of at least 4 members (excludes halogenated alkanes) is 2. The van der Waals surface area contributed by atoms with Crippen molar-refractivity contribution in [1.82, 2.24) is 10.2 Å². The van der Waals surface area contributed by atoms with E-state index in [0.717, 1.165) is 37.0 Å². The average molecular weight is 411 g/mol. The number of ether oxygens (including phenoxy) is 1. The molecule has 0 saturated heterocycles. The van der Waals surface area contributed by atoms with Gasteiger partial charge in [0.1, 0.15) is 6.04 Å². The highest BCUT2D eigenvalue weighted by atomic mass is 16.5. The Hall–Kier alpha value is -2.61. The van der Waals surface area contributed by atoms with Crippen LogP contribution < -0.4 is 5.32 Å². The van der Waals surface area contributed by atoms with Crippen molar-refractivity contribution >= 4 is 5.97 Å². The van der Waals surface area contributed by atoms with Crippen LogP contribution in [0.4, 0.5) is 0 Å². The number of nitrogens with one attached hydrogen (secondary N) is 1. The van der Waals surface area contributed by atoms with Crippen LogP contribution in [0.2, 0.25) is 0 Å². The van der Waals surface area contributed by atoms with Crippen molar-refractivity contribution in [2.75, 3.05) is 34.3 Å². The predicted octanol–water partition coefficient (Wildman–Crippen LogP) is 4.60. The Morgan fingerprint density at radius 1 is 1.20 bits per heavy atom. The van der Waals surface area contributed by atoms with Crippen LogP contribution >= 0.6 is 0 Å². The highest BCUT2D eigenvalue weighted by Crippen LogP contribution is 2.07. The first-order valence-corrected chi connectivity index (χ1v) is 10.3. The van der Waals surface area contributed by atoms with Gasteiger partial charge in [-0.25, -0.2) is 0 Å². The lowest BCUT2D eigenvalue weighted by atomic mass is 10.1. The number of hydrogen-bond donors (Lipinski definition) is 1. The summed E-state index contributed by atoms with van der Waals surface area (Å²) in [5.41, 5.74) is 1.87. The molecule has 0 unspecified atom stereocenters. The van der Waals surface area contributed by atoms with E-state index in [2.05, 4.69) is 49.3 Å². The monoisotopic (exact) mass is 410 g/mol. The third kappa shape index (κ3) is 16.4. The molecule has 0 saturated carbocycles. The second-order valence-corrected chi connectivity index (χ2v) is 7.20. The van der Waals surface area contributed by atoms with E-state index < -0.39 is 0 Å². The summed E-state index contributed by atoms with van der Waals surface area (Å²) >= 11 is 0. The van der Waals surface area contributed by atoms with Crippen molar-refractivity contribution in [3.05, 3.63) is 72.9 Å². The minimum absolute atomic E-state index is 0.270. The molecule has 30 heavy (non-hydrogen) atoms. The Morgan fingerprint density at radius 2 is 1.97 bits per heavy atom. The second-order valence-electron chi connectivity index (χ2n) is 7.20. The molecule has 0 fully saturated rings. The molecular formula is C26H38N2O2. The number of esters is 1. The molecule has 0 aromatic rings. The zero-order valence-corrected chi connectivity index (χ0v) is 19.1. The number of nitrogens with zero attached hydrogens (tertiary/aromatic N) is 1. The van der Waals surface area contributed by atoms with Crippen LogP contribution in [0.5, 0.6) is 0 Å². The molecule has 1 atom stereocenters. The van der Waals surface area contributed by atoms with E-state index >= 15 is 0 Å². The van der Waals surface area contributed by atoms with E-state index in [9.17, 15) is 4.79 Å². The molecule has 0 spiro atoms. The molecule has 164 valence electrons. The molecular weight excluding hydrogens is 372 g/mol. The third-order valence-electron chi connectivity index (χ3n) is 4.07. The molecule has 0 aliphatic heterocycles. The third-order valence-corrected chi connectivity index (χ3v) is 4.07. The molecule has 0 aromatic heterocycles. The lowest BCUT2D eigenvalue weighted by molar-refractivity contribution is -0.143. The first-order chi connectivity index (χ1) is 14.4. The lowest BCUT2D eigenvalue weighted by Gasteiger charge is -2.15. The van der Waals surface area contributed by atoms with Crippen molar-refractivity contribution in [3.63, 3.8) is 0 Å². The molecule has 4 heteroatoms. The second kappa shape index (κ2) is 18.4. The molecule has 0 aliphatic rings. The smallest absolute Gasteiger partial charge is 0.323 e. The van der Waals surface area contributed by atoms with Gasteiger partial charge >= 0.3 is 5.97 Å². The van der Waals surface area contributed by atoms with E-state index in [1.54, 1.807) is 6.08 Å². The first kappa shape index (κ1) is 27.4. The first-order valence-electron chi connectivity index (χ1n) is 10.3. The summed E-state index contributed by atoms with van der Waals surface area (Å²) in [5.74, 6) is 5.96. The van der Waals surface area contributed by atoms with Crippen molar-refractivity contribution < 1.29 is 9.53 Å². The van der Waals surface area contributed by atoms with Crippen LogP contribution in [0.3, 0.4) is 0 Å². The zero-order chi connectivity index (χ0) is 22.6. The Balaban J connectivity index is 4.36. The van der Waals surface area contributed by atoms with E-state index in [0.29, 0.717) is 13.0 Å². The maximum absolute atomic E-state index is 12.0. The van der Waals surface area contributed by atoms with E-state index in [1.165, 1.54) is 7.11 Å². The largest absolute Gasteiger partial charge is 0.468 e. The van der Waals surface area contributed by atoms with Gasteiger partial charge in [0.25, 0.3) is 0 Å². The van der Waals surface area contributed by atoms with Gasteiger partial charge in [0.15, 0.2) is 0 Å². The molecule has 0 radical (unpaired) electrons.